The van der Waals surface area contributed by atoms with Crippen LogP contribution in [0.2, 0.25) is 0 Å². The van der Waals surface area contributed by atoms with Crippen molar-refractivity contribution in [2.75, 3.05) is 0 Å². The van der Waals surface area contributed by atoms with Crippen LogP contribution >= 0.6 is 21.6 Å². The molecule has 0 heterocycles. The van der Waals surface area contributed by atoms with Crippen LogP contribution in [0.25, 0.3) is 11.1 Å². The van der Waals surface area contributed by atoms with E-state index in [1.807, 2.05) is 94.4 Å². The molecule has 0 aliphatic heterocycles. The third-order valence-corrected chi connectivity index (χ3v) is 8.45. The average molecular weight is 583 g/mol. The Morgan fingerprint density at radius 1 is 0.357 bits per heavy atom. The second-order valence-corrected chi connectivity index (χ2v) is 11.8. The lowest BCUT2D eigenvalue weighted by atomic mass is 10.0. The van der Waals surface area contributed by atoms with Crippen molar-refractivity contribution in [2.24, 2.45) is 0 Å². The van der Waals surface area contributed by atoms with E-state index < -0.39 is 0 Å². The van der Waals surface area contributed by atoms with Gasteiger partial charge in [-0.15, -0.1) is 0 Å². The molecular weight excluding hydrogens is 549 g/mol. The van der Waals surface area contributed by atoms with Crippen molar-refractivity contribution in [2.45, 2.75) is 11.5 Å². The Morgan fingerprint density at radius 2 is 0.619 bits per heavy atom. The van der Waals surface area contributed by atoms with Crippen molar-refractivity contribution in [1.29, 1.82) is 0 Å². The highest BCUT2D eigenvalue weighted by atomic mass is 33.1. The van der Waals surface area contributed by atoms with E-state index in [9.17, 15) is 4.79 Å². The van der Waals surface area contributed by atoms with Gasteiger partial charge in [-0.1, -0.05) is 204 Å². The summed E-state index contributed by atoms with van der Waals surface area (Å²) in [5.41, 5.74) is 6.81. The number of carbonyl (C=O) groups is 1. The van der Waals surface area contributed by atoms with Crippen LogP contribution in [0.5, 0.6) is 0 Å². The molecule has 0 amide bonds. The largest absolute Gasteiger partial charge is 0.289 e. The molecule has 3 heteroatoms. The molecule has 0 fully saturated rings. The van der Waals surface area contributed by atoms with Gasteiger partial charge in [-0.2, -0.15) is 0 Å². The third-order valence-electron chi connectivity index (χ3n) is 6.17. The molecule has 208 valence electrons. The summed E-state index contributed by atoms with van der Waals surface area (Å²) in [6.45, 7) is 0. The molecule has 0 unspecified atom stereocenters. The predicted octanol–water partition coefficient (Wildman–Crippen LogP) is 11.0. The van der Waals surface area contributed by atoms with Crippen LogP contribution in [0.3, 0.4) is 0 Å². The molecule has 0 N–H and O–H groups in total. The first-order valence-electron chi connectivity index (χ1n) is 13.9. The van der Waals surface area contributed by atoms with Gasteiger partial charge >= 0.3 is 0 Å². The maximum absolute atomic E-state index is 11.8. The highest BCUT2D eigenvalue weighted by Crippen LogP contribution is 2.29. The molecule has 0 radical (unpaired) electrons. The second kappa shape index (κ2) is 18.2. The zero-order valence-corrected chi connectivity index (χ0v) is 25.1. The van der Waals surface area contributed by atoms with Gasteiger partial charge in [0.2, 0.25) is 0 Å². The number of carbonyl (C=O) groups excluding carboxylic acids is 1. The van der Waals surface area contributed by atoms with Crippen LogP contribution in [0.1, 0.15) is 27.0 Å². The van der Waals surface area contributed by atoms with Crippen LogP contribution < -0.4 is 0 Å². The molecule has 6 rings (SSSR count). The van der Waals surface area contributed by atoms with Crippen LogP contribution in [-0.4, -0.2) is 5.78 Å². The Kier molecular flexibility index (Phi) is 13.3. The Hall–Kier alpha value is -4.31. The van der Waals surface area contributed by atoms with E-state index in [4.69, 9.17) is 0 Å². The van der Waals surface area contributed by atoms with Gasteiger partial charge in [0.25, 0.3) is 0 Å². The number of hydrogen-bond acceptors (Lipinski definition) is 3. The minimum atomic E-state index is 0.0752. The monoisotopic (exact) mass is 582 g/mol. The van der Waals surface area contributed by atoms with Crippen molar-refractivity contribution in [3.05, 3.63) is 204 Å². The molecule has 0 bridgehead atoms. The molecule has 0 spiro atoms. The minimum absolute atomic E-state index is 0.0752. The fourth-order valence-electron chi connectivity index (χ4n) is 3.97. The fraction of sp³-hybridized carbons (Fsp3) is 0.0513. The van der Waals surface area contributed by atoms with E-state index in [1.165, 1.54) is 22.3 Å². The molecule has 6 aromatic rings. The Labute approximate surface area is 258 Å². The Morgan fingerprint density at radius 3 is 0.929 bits per heavy atom. The standard InChI is InChI=1S/C14H14S2.C13H10O.C12H10/c1-3-7-13(8-4-1)11-15-16-12-14-9-5-2-6-10-14;14-13(11-7-3-1-4-8-11)12-9-5-2-6-10-12;1-3-7-11(8-4-1)12-9-5-2-6-10-12/h1-10H,11-12H2;1-10H;1-10H. The van der Waals surface area contributed by atoms with E-state index in [0.717, 1.165) is 22.6 Å². The van der Waals surface area contributed by atoms with Crippen LogP contribution in [0.15, 0.2) is 182 Å². The molecule has 0 saturated carbocycles. The molecule has 0 atom stereocenters. The SMILES string of the molecule is O=C(c1ccccc1)c1ccccc1.c1ccc(-c2ccccc2)cc1.c1ccc(CSSCc2ccccc2)cc1. The zero-order chi connectivity index (χ0) is 29.1. The topological polar surface area (TPSA) is 17.1 Å². The van der Waals surface area contributed by atoms with E-state index in [-0.39, 0.29) is 5.78 Å². The summed E-state index contributed by atoms with van der Waals surface area (Å²) >= 11 is 0. The van der Waals surface area contributed by atoms with Gasteiger partial charge in [-0.3, -0.25) is 4.79 Å². The van der Waals surface area contributed by atoms with Crippen molar-refractivity contribution >= 4 is 27.4 Å². The highest BCUT2D eigenvalue weighted by molar-refractivity contribution is 8.76. The van der Waals surface area contributed by atoms with Crippen molar-refractivity contribution in [1.82, 2.24) is 0 Å². The lowest BCUT2D eigenvalue weighted by Gasteiger charge is -2.01. The van der Waals surface area contributed by atoms with Gasteiger partial charge in [0.1, 0.15) is 0 Å². The van der Waals surface area contributed by atoms with Crippen LogP contribution in [0.4, 0.5) is 0 Å². The summed E-state index contributed by atoms with van der Waals surface area (Å²) < 4.78 is 0. The van der Waals surface area contributed by atoms with Crippen molar-refractivity contribution < 1.29 is 4.79 Å². The lowest BCUT2D eigenvalue weighted by molar-refractivity contribution is 0.103. The number of hydrogen-bond donors (Lipinski definition) is 0. The first-order valence-corrected chi connectivity index (χ1v) is 16.4. The third kappa shape index (κ3) is 10.9. The maximum atomic E-state index is 11.8. The second-order valence-electron chi connectivity index (χ2n) is 9.29. The lowest BCUT2D eigenvalue weighted by Crippen LogP contribution is -1.99. The molecule has 0 aromatic heterocycles. The van der Waals surface area contributed by atoms with Crippen molar-refractivity contribution in [3.8, 4) is 11.1 Å². The summed E-state index contributed by atoms with van der Waals surface area (Å²) in [6.07, 6.45) is 0. The summed E-state index contributed by atoms with van der Waals surface area (Å²) in [7, 11) is 3.84. The first-order chi connectivity index (χ1) is 20.8. The van der Waals surface area contributed by atoms with Gasteiger partial charge in [0.15, 0.2) is 5.78 Å². The zero-order valence-electron chi connectivity index (χ0n) is 23.5. The van der Waals surface area contributed by atoms with Gasteiger partial charge in [0, 0.05) is 22.6 Å². The van der Waals surface area contributed by atoms with E-state index >= 15 is 0 Å². The minimum Gasteiger partial charge on any atom is -0.289 e. The normalized spacial score (nSPS) is 9.90. The van der Waals surface area contributed by atoms with E-state index in [0.29, 0.717) is 0 Å². The Bertz CT molecular complexity index is 1420. The predicted molar refractivity (Wildman–Crippen MR) is 184 cm³/mol. The van der Waals surface area contributed by atoms with E-state index in [1.54, 1.807) is 0 Å². The van der Waals surface area contributed by atoms with Gasteiger partial charge in [-0.25, -0.2) is 0 Å². The Balaban J connectivity index is 0.000000146. The molecule has 1 nitrogen and oxygen atoms in total. The molecule has 0 aliphatic rings. The van der Waals surface area contributed by atoms with Crippen molar-refractivity contribution in [3.63, 3.8) is 0 Å². The fourth-order valence-corrected chi connectivity index (χ4v) is 6.12. The van der Waals surface area contributed by atoms with Gasteiger partial charge in [0.05, 0.1) is 0 Å². The number of benzene rings is 6. The van der Waals surface area contributed by atoms with Crippen LogP contribution in [0, 0.1) is 0 Å². The molecular formula is C39H34OS2. The summed E-state index contributed by atoms with van der Waals surface area (Å²) in [5, 5.41) is 0. The van der Waals surface area contributed by atoms with Gasteiger partial charge < -0.3 is 0 Å². The molecule has 0 saturated heterocycles. The highest BCUT2D eigenvalue weighted by Gasteiger charge is 2.06. The number of rotatable bonds is 8. The molecule has 6 aromatic carbocycles. The molecule has 42 heavy (non-hydrogen) atoms. The maximum Gasteiger partial charge on any atom is 0.193 e. The van der Waals surface area contributed by atoms with Gasteiger partial charge in [-0.05, 0) is 22.3 Å². The summed E-state index contributed by atoms with van der Waals surface area (Å²) in [4.78, 5) is 11.8. The summed E-state index contributed by atoms with van der Waals surface area (Å²) in [5.74, 6) is 2.24. The quantitative estimate of drug-likeness (QED) is 0.101. The van der Waals surface area contributed by atoms with E-state index in [2.05, 4.69) is 109 Å². The summed E-state index contributed by atoms with van der Waals surface area (Å²) in [6, 6.07) is 60.6. The van der Waals surface area contributed by atoms with Crippen LogP contribution in [-0.2, 0) is 11.5 Å². The molecule has 0 aliphatic carbocycles. The average Bonchev–Trinajstić information content (AvgIpc) is 3.09. The number of ketones is 1. The first kappa shape index (κ1) is 30.6. The smallest absolute Gasteiger partial charge is 0.193 e.